The van der Waals surface area contributed by atoms with Crippen LogP contribution in [0, 0.1) is 11.3 Å². The van der Waals surface area contributed by atoms with Crippen LogP contribution in [0.5, 0.6) is 0 Å². The Morgan fingerprint density at radius 3 is 1.38 bits per heavy atom. The Kier molecular flexibility index (Phi) is 3.09. The molecule has 0 spiro atoms. The van der Waals surface area contributed by atoms with Gasteiger partial charge in [0.1, 0.15) is 0 Å². The monoisotopic (exact) mass is 198 g/mol. The van der Waals surface area contributed by atoms with Gasteiger partial charge in [-0.1, -0.05) is 27.7 Å². The lowest BCUT2D eigenvalue weighted by Crippen LogP contribution is -2.51. The molecule has 2 atom stereocenters. The molecule has 0 aliphatic carbocycles. The van der Waals surface area contributed by atoms with E-state index in [0.29, 0.717) is 0 Å². The van der Waals surface area contributed by atoms with Crippen LogP contribution in [0.2, 0.25) is 0 Å². The summed E-state index contributed by atoms with van der Waals surface area (Å²) in [7, 11) is 0. The van der Waals surface area contributed by atoms with Gasteiger partial charge in [-0.05, 0) is 18.3 Å². The minimum Gasteiger partial charge on any atom is -0.380 e. The second-order valence-corrected chi connectivity index (χ2v) is 4.73. The number of alkyl halides is 3. The standard InChI is InChI=1S/C9H17F3O/c1-6(7(2,3)4)8(5,13)9(10,11)12/h6,13H,1-5H3. The second kappa shape index (κ2) is 3.15. The van der Waals surface area contributed by atoms with Gasteiger partial charge in [-0.3, -0.25) is 0 Å². The molecule has 0 rings (SSSR count). The van der Waals surface area contributed by atoms with Gasteiger partial charge in [0.2, 0.25) is 0 Å². The molecule has 0 heterocycles. The summed E-state index contributed by atoms with van der Waals surface area (Å²) in [4.78, 5) is 0. The fourth-order valence-electron chi connectivity index (χ4n) is 1.09. The topological polar surface area (TPSA) is 20.2 Å². The Morgan fingerprint density at radius 1 is 1.00 bits per heavy atom. The predicted octanol–water partition coefficient (Wildman–Crippen LogP) is 2.98. The zero-order valence-corrected chi connectivity index (χ0v) is 8.66. The van der Waals surface area contributed by atoms with Crippen LogP contribution in [-0.2, 0) is 0 Å². The van der Waals surface area contributed by atoms with E-state index in [0.717, 1.165) is 6.92 Å². The third kappa shape index (κ3) is 2.59. The van der Waals surface area contributed by atoms with Crippen LogP contribution in [-0.4, -0.2) is 16.9 Å². The molecule has 0 fully saturated rings. The lowest BCUT2D eigenvalue weighted by atomic mass is 9.72. The molecule has 0 aromatic heterocycles. The summed E-state index contributed by atoms with van der Waals surface area (Å²) in [6, 6.07) is 0. The second-order valence-electron chi connectivity index (χ2n) is 4.73. The largest absolute Gasteiger partial charge is 0.417 e. The molecule has 0 aromatic carbocycles. The fraction of sp³-hybridized carbons (Fsp3) is 1.00. The third-order valence-electron chi connectivity index (χ3n) is 2.72. The van der Waals surface area contributed by atoms with E-state index in [-0.39, 0.29) is 0 Å². The van der Waals surface area contributed by atoms with Crippen molar-refractivity contribution in [3.63, 3.8) is 0 Å². The van der Waals surface area contributed by atoms with E-state index in [1.54, 1.807) is 20.8 Å². The molecule has 2 unspecified atom stereocenters. The van der Waals surface area contributed by atoms with E-state index < -0.39 is 23.1 Å². The fourth-order valence-corrected chi connectivity index (χ4v) is 1.09. The maximum absolute atomic E-state index is 12.4. The highest BCUT2D eigenvalue weighted by Crippen LogP contribution is 2.43. The summed E-state index contributed by atoms with van der Waals surface area (Å²) in [5.74, 6) is -0.847. The molecule has 0 aliphatic rings. The Hall–Kier alpha value is -0.250. The van der Waals surface area contributed by atoms with E-state index >= 15 is 0 Å². The molecular formula is C9H17F3O. The van der Waals surface area contributed by atoms with Gasteiger partial charge in [-0.15, -0.1) is 0 Å². The molecule has 1 nitrogen and oxygen atoms in total. The van der Waals surface area contributed by atoms with Crippen molar-refractivity contribution in [1.82, 2.24) is 0 Å². The summed E-state index contributed by atoms with van der Waals surface area (Å²) >= 11 is 0. The van der Waals surface area contributed by atoms with E-state index in [4.69, 9.17) is 0 Å². The summed E-state index contributed by atoms with van der Waals surface area (Å²) < 4.78 is 37.1. The van der Waals surface area contributed by atoms with Crippen molar-refractivity contribution in [2.45, 2.75) is 46.4 Å². The molecule has 0 radical (unpaired) electrons. The Balaban J connectivity index is 4.86. The van der Waals surface area contributed by atoms with Gasteiger partial charge in [0.15, 0.2) is 5.60 Å². The molecule has 0 amide bonds. The van der Waals surface area contributed by atoms with Crippen molar-refractivity contribution in [2.24, 2.45) is 11.3 Å². The van der Waals surface area contributed by atoms with Gasteiger partial charge in [0.25, 0.3) is 0 Å². The van der Waals surface area contributed by atoms with Gasteiger partial charge in [-0.2, -0.15) is 13.2 Å². The van der Waals surface area contributed by atoms with Crippen LogP contribution in [0.4, 0.5) is 13.2 Å². The lowest BCUT2D eigenvalue weighted by molar-refractivity contribution is -0.280. The molecule has 0 aliphatic heterocycles. The first-order valence-electron chi connectivity index (χ1n) is 4.20. The highest BCUT2D eigenvalue weighted by molar-refractivity contribution is 4.92. The quantitative estimate of drug-likeness (QED) is 0.686. The molecule has 0 saturated heterocycles. The highest BCUT2D eigenvalue weighted by atomic mass is 19.4. The summed E-state index contributed by atoms with van der Waals surface area (Å²) in [5, 5.41) is 9.33. The third-order valence-corrected chi connectivity index (χ3v) is 2.72. The molecule has 0 bridgehead atoms. The van der Waals surface area contributed by atoms with E-state index in [2.05, 4.69) is 0 Å². The molecular weight excluding hydrogens is 181 g/mol. The number of hydrogen-bond donors (Lipinski definition) is 1. The molecule has 0 saturated carbocycles. The summed E-state index contributed by atoms with van der Waals surface area (Å²) in [6.45, 7) is 7.27. The average Bonchev–Trinajstić information content (AvgIpc) is 1.81. The maximum Gasteiger partial charge on any atom is 0.417 e. The molecule has 13 heavy (non-hydrogen) atoms. The van der Waals surface area contributed by atoms with E-state index in [9.17, 15) is 18.3 Å². The Morgan fingerprint density at radius 2 is 1.31 bits per heavy atom. The smallest absolute Gasteiger partial charge is 0.380 e. The van der Waals surface area contributed by atoms with Gasteiger partial charge >= 0.3 is 6.18 Å². The zero-order valence-electron chi connectivity index (χ0n) is 8.66. The van der Waals surface area contributed by atoms with Gasteiger partial charge < -0.3 is 5.11 Å². The first-order valence-corrected chi connectivity index (χ1v) is 4.20. The van der Waals surface area contributed by atoms with Gasteiger partial charge in [0.05, 0.1) is 0 Å². The van der Waals surface area contributed by atoms with Crippen molar-refractivity contribution < 1.29 is 18.3 Å². The van der Waals surface area contributed by atoms with Crippen LogP contribution in [0.15, 0.2) is 0 Å². The van der Waals surface area contributed by atoms with Gasteiger partial charge in [0, 0.05) is 0 Å². The van der Waals surface area contributed by atoms with Crippen molar-refractivity contribution in [2.75, 3.05) is 0 Å². The van der Waals surface area contributed by atoms with Crippen molar-refractivity contribution >= 4 is 0 Å². The van der Waals surface area contributed by atoms with Crippen molar-refractivity contribution in [1.29, 1.82) is 0 Å². The van der Waals surface area contributed by atoms with Crippen LogP contribution < -0.4 is 0 Å². The number of halogens is 3. The minimum atomic E-state index is -4.57. The van der Waals surface area contributed by atoms with E-state index in [1.165, 1.54) is 6.92 Å². The Bertz CT molecular complexity index is 176. The zero-order chi connectivity index (χ0) is 11.1. The predicted molar refractivity (Wildman–Crippen MR) is 45.3 cm³/mol. The van der Waals surface area contributed by atoms with E-state index in [1.807, 2.05) is 0 Å². The highest BCUT2D eigenvalue weighted by Gasteiger charge is 2.55. The maximum atomic E-state index is 12.4. The van der Waals surface area contributed by atoms with Crippen LogP contribution in [0.3, 0.4) is 0 Å². The average molecular weight is 198 g/mol. The number of hydrogen-bond acceptors (Lipinski definition) is 1. The first-order chi connectivity index (χ1) is 5.40. The minimum absolute atomic E-state index is 0.570. The Labute approximate surface area is 76.9 Å². The van der Waals surface area contributed by atoms with Crippen LogP contribution in [0.25, 0.3) is 0 Å². The normalized spacial score (nSPS) is 21.0. The molecule has 80 valence electrons. The first kappa shape index (κ1) is 12.8. The van der Waals surface area contributed by atoms with Crippen LogP contribution in [0.1, 0.15) is 34.6 Å². The number of rotatable bonds is 1. The van der Waals surface area contributed by atoms with Gasteiger partial charge in [-0.25, -0.2) is 0 Å². The SMILES string of the molecule is CC(C(C)(C)C)C(C)(O)C(F)(F)F. The summed E-state index contributed by atoms with van der Waals surface area (Å²) in [6.07, 6.45) is -4.57. The van der Waals surface area contributed by atoms with Crippen LogP contribution >= 0.6 is 0 Å². The lowest BCUT2D eigenvalue weighted by Gasteiger charge is -2.40. The number of aliphatic hydroxyl groups is 1. The van der Waals surface area contributed by atoms with Crippen molar-refractivity contribution in [3.8, 4) is 0 Å². The van der Waals surface area contributed by atoms with Crippen molar-refractivity contribution in [3.05, 3.63) is 0 Å². The summed E-state index contributed by atoms with van der Waals surface area (Å²) in [5.41, 5.74) is -3.19. The molecule has 4 heteroatoms. The molecule has 0 aromatic rings. The molecule has 1 N–H and O–H groups in total.